The Labute approximate surface area is 187 Å². The molecule has 0 aliphatic carbocycles. The monoisotopic (exact) mass is 440 g/mol. The zero-order valence-electron chi connectivity index (χ0n) is 18.5. The van der Waals surface area contributed by atoms with Crippen molar-refractivity contribution in [3.63, 3.8) is 0 Å². The summed E-state index contributed by atoms with van der Waals surface area (Å²) in [6.45, 7) is 3.45. The van der Waals surface area contributed by atoms with Crippen LogP contribution in [-0.2, 0) is 16.0 Å². The number of nitrogens with zero attached hydrogens (tertiary/aromatic N) is 2. The van der Waals surface area contributed by atoms with Gasteiger partial charge in [-0.15, -0.1) is 0 Å². The molecule has 1 aliphatic heterocycles. The molecule has 7 nitrogen and oxygen atoms in total. The van der Waals surface area contributed by atoms with Crippen molar-refractivity contribution in [1.82, 2.24) is 10.2 Å². The number of fused-ring (bicyclic) bond motifs is 1. The van der Waals surface area contributed by atoms with Gasteiger partial charge in [0.15, 0.2) is 0 Å². The molecular formula is C24H29FN4O3. The molecule has 2 aromatic rings. The van der Waals surface area contributed by atoms with Crippen LogP contribution in [0.3, 0.4) is 0 Å². The third-order valence-electron chi connectivity index (χ3n) is 5.41. The molecule has 3 rings (SSSR count). The highest BCUT2D eigenvalue weighted by atomic mass is 19.1. The van der Waals surface area contributed by atoms with Crippen LogP contribution >= 0.6 is 0 Å². The summed E-state index contributed by atoms with van der Waals surface area (Å²) in [4.78, 5) is 40.6. The summed E-state index contributed by atoms with van der Waals surface area (Å²) >= 11 is 0. The molecule has 8 heteroatoms. The van der Waals surface area contributed by atoms with Gasteiger partial charge in [0.25, 0.3) is 5.91 Å². The summed E-state index contributed by atoms with van der Waals surface area (Å²) < 4.78 is 13.1. The number of halogens is 1. The molecule has 32 heavy (non-hydrogen) atoms. The highest BCUT2D eigenvalue weighted by Gasteiger charge is 2.24. The minimum absolute atomic E-state index is 0.0211. The Morgan fingerprint density at radius 1 is 1.12 bits per heavy atom. The maximum atomic E-state index is 13.1. The van der Waals surface area contributed by atoms with Crippen LogP contribution in [0.15, 0.2) is 42.5 Å². The summed E-state index contributed by atoms with van der Waals surface area (Å²) in [7, 11) is 1.62. The van der Waals surface area contributed by atoms with Gasteiger partial charge < -0.3 is 20.4 Å². The number of hydrogen-bond acceptors (Lipinski definition) is 4. The van der Waals surface area contributed by atoms with E-state index < -0.39 is 5.82 Å². The van der Waals surface area contributed by atoms with Gasteiger partial charge in [0.05, 0.1) is 13.1 Å². The average Bonchev–Trinajstić information content (AvgIpc) is 2.78. The second kappa shape index (κ2) is 10.7. The van der Waals surface area contributed by atoms with Crippen molar-refractivity contribution in [1.29, 1.82) is 0 Å². The van der Waals surface area contributed by atoms with E-state index in [-0.39, 0.29) is 30.8 Å². The van der Waals surface area contributed by atoms with E-state index in [1.165, 1.54) is 29.2 Å². The average molecular weight is 441 g/mol. The van der Waals surface area contributed by atoms with E-state index in [1.807, 2.05) is 30.0 Å². The Morgan fingerprint density at radius 3 is 2.59 bits per heavy atom. The number of benzene rings is 2. The van der Waals surface area contributed by atoms with E-state index in [0.29, 0.717) is 24.3 Å². The van der Waals surface area contributed by atoms with Gasteiger partial charge in [-0.1, -0.05) is 13.0 Å². The molecule has 2 aromatic carbocycles. The lowest BCUT2D eigenvalue weighted by molar-refractivity contribution is -0.133. The lowest BCUT2D eigenvalue weighted by atomic mass is 9.99. The first-order valence-electron chi connectivity index (χ1n) is 10.8. The second-order valence-corrected chi connectivity index (χ2v) is 7.89. The first kappa shape index (κ1) is 23.2. The number of rotatable bonds is 8. The highest BCUT2D eigenvalue weighted by Crippen LogP contribution is 2.33. The Morgan fingerprint density at radius 2 is 1.88 bits per heavy atom. The molecule has 0 unspecified atom stereocenters. The van der Waals surface area contributed by atoms with Crippen LogP contribution in [0.5, 0.6) is 0 Å². The van der Waals surface area contributed by atoms with Gasteiger partial charge in [-0.2, -0.15) is 0 Å². The Bertz CT molecular complexity index is 978. The van der Waals surface area contributed by atoms with Gasteiger partial charge in [-0.05, 0) is 61.2 Å². The summed E-state index contributed by atoms with van der Waals surface area (Å²) in [5, 5.41) is 5.68. The maximum absolute atomic E-state index is 13.1. The van der Waals surface area contributed by atoms with Crippen LogP contribution in [0.25, 0.3) is 0 Å². The maximum Gasteiger partial charge on any atom is 0.255 e. The lowest BCUT2D eigenvalue weighted by Crippen LogP contribution is -2.44. The Hall–Kier alpha value is -3.42. The fraction of sp³-hybridized carbons (Fsp3) is 0.375. The van der Waals surface area contributed by atoms with Crippen molar-refractivity contribution < 1.29 is 18.8 Å². The molecule has 170 valence electrons. The predicted octanol–water partition coefficient (Wildman–Crippen LogP) is 2.82. The standard InChI is InChI=1S/C24H29FN4O3/c1-3-13-26-22(30)15-28(2)23(31)16-29-14-5-6-19-20(7-4-8-21(19)29)27-24(32)17-9-11-18(25)12-10-17/h4,7-12H,3,5-6,13-16H2,1-2H3,(H,26,30)(H,27,32). The quantitative estimate of drug-likeness (QED) is 0.662. The van der Waals surface area contributed by atoms with Crippen molar-refractivity contribution in [2.24, 2.45) is 0 Å². The number of amides is 3. The number of carbonyl (C=O) groups excluding carboxylic acids is 3. The minimum Gasteiger partial charge on any atom is -0.362 e. The van der Waals surface area contributed by atoms with E-state index in [1.54, 1.807) is 7.05 Å². The Kier molecular flexibility index (Phi) is 7.81. The normalized spacial score (nSPS) is 12.7. The number of likely N-dealkylation sites (N-methyl/N-ethyl adjacent to an activating group) is 1. The molecule has 1 aliphatic rings. The smallest absolute Gasteiger partial charge is 0.255 e. The summed E-state index contributed by atoms with van der Waals surface area (Å²) in [5.74, 6) is -1.03. The molecule has 0 saturated carbocycles. The van der Waals surface area contributed by atoms with Crippen LogP contribution in [-0.4, -0.2) is 55.8 Å². The van der Waals surface area contributed by atoms with Crippen LogP contribution in [0.2, 0.25) is 0 Å². The molecule has 0 radical (unpaired) electrons. The van der Waals surface area contributed by atoms with Crippen molar-refractivity contribution in [3.8, 4) is 0 Å². The predicted molar refractivity (Wildman–Crippen MR) is 122 cm³/mol. The van der Waals surface area contributed by atoms with Crippen LogP contribution in [0.4, 0.5) is 15.8 Å². The SMILES string of the molecule is CCCNC(=O)CN(C)C(=O)CN1CCCc2c(NC(=O)c3ccc(F)cc3)cccc21. The highest BCUT2D eigenvalue weighted by molar-refractivity contribution is 6.05. The minimum atomic E-state index is -0.397. The summed E-state index contributed by atoms with van der Waals surface area (Å²) in [6, 6.07) is 11.0. The molecule has 0 atom stereocenters. The zero-order chi connectivity index (χ0) is 23.1. The van der Waals surface area contributed by atoms with Crippen molar-refractivity contribution >= 4 is 29.1 Å². The number of hydrogen-bond donors (Lipinski definition) is 2. The fourth-order valence-corrected chi connectivity index (χ4v) is 3.69. The topological polar surface area (TPSA) is 81.8 Å². The van der Waals surface area contributed by atoms with Crippen LogP contribution in [0.1, 0.15) is 35.7 Å². The molecule has 2 N–H and O–H groups in total. The van der Waals surface area contributed by atoms with E-state index in [9.17, 15) is 18.8 Å². The molecule has 0 fully saturated rings. The number of anilines is 2. The number of nitrogens with one attached hydrogen (secondary N) is 2. The van der Waals surface area contributed by atoms with Gasteiger partial charge in [-0.25, -0.2) is 4.39 Å². The summed E-state index contributed by atoms with van der Waals surface area (Å²) in [5.41, 5.74) is 2.91. The van der Waals surface area contributed by atoms with Crippen molar-refractivity contribution in [3.05, 3.63) is 59.4 Å². The van der Waals surface area contributed by atoms with E-state index in [4.69, 9.17) is 0 Å². The van der Waals surface area contributed by atoms with Crippen molar-refractivity contribution in [2.75, 3.05) is 43.4 Å². The molecule has 0 aromatic heterocycles. The van der Waals surface area contributed by atoms with Gasteiger partial charge >= 0.3 is 0 Å². The largest absolute Gasteiger partial charge is 0.362 e. The molecule has 0 spiro atoms. The second-order valence-electron chi connectivity index (χ2n) is 7.89. The van der Waals surface area contributed by atoms with Crippen molar-refractivity contribution in [2.45, 2.75) is 26.2 Å². The third kappa shape index (κ3) is 5.84. The lowest BCUT2D eigenvalue weighted by Gasteiger charge is -2.33. The van der Waals surface area contributed by atoms with E-state index in [2.05, 4.69) is 10.6 Å². The van der Waals surface area contributed by atoms with Gasteiger partial charge in [0.1, 0.15) is 5.82 Å². The fourth-order valence-electron chi connectivity index (χ4n) is 3.69. The van der Waals surface area contributed by atoms with Gasteiger partial charge in [-0.3, -0.25) is 14.4 Å². The van der Waals surface area contributed by atoms with E-state index >= 15 is 0 Å². The van der Waals surface area contributed by atoms with Gasteiger partial charge in [0.2, 0.25) is 11.8 Å². The van der Waals surface area contributed by atoms with Gasteiger partial charge in [0, 0.05) is 37.1 Å². The Balaban J connectivity index is 1.69. The molecule has 0 saturated heterocycles. The number of carbonyl (C=O) groups is 3. The summed E-state index contributed by atoms with van der Waals surface area (Å²) in [6.07, 6.45) is 2.45. The molecular weight excluding hydrogens is 411 g/mol. The third-order valence-corrected chi connectivity index (χ3v) is 5.41. The molecule has 3 amide bonds. The van der Waals surface area contributed by atoms with Crippen LogP contribution < -0.4 is 15.5 Å². The first-order valence-corrected chi connectivity index (χ1v) is 10.8. The molecule has 0 bridgehead atoms. The molecule has 1 heterocycles. The van der Waals surface area contributed by atoms with Crippen LogP contribution in [0, 0.1) is 5.82 Å². The first-order chi connectivity index (χ1) is 15.4. The zero-order valence-corrected chi connectivity index (χ0v) is 18.5. The van der Waals surface area contributed by atoms with E-state index in [0.717, 1.165) is 30.5 Å².